The Hall–Kier alpha value is -2.94. The topological polar surface area (TPSA) is 54.3 Å². The molecule has 0 spiro atoms. The maximum Gasteiger partial charge on any atom is 0.262 e. The molecule has 8 heteroatoms. The van der Waals surface area contributed by atoms with Crippen molar-refractivity contribution in [1.82, 2.24) is 24.3 Å². The molecule has 6 nitrogen and oxygen atoms in total. The SMILES string of the molecule is O=c1c2c3c(sc2ncn1Cc1ccccc1F)C[C@@H](N1CCN(Cc2cccnc2)CC1)CC3. The number of rotatable bonds is 5. The molecule has 6 rings (SSSR count). The van der Waals surface area contributed by atoms with E-state index in [0.29, 0.717) is 11.6 Å². The normalized spacial score (nSPS) is 19.2. The lowest BCUT2D eigenvalue weighted by Crippen LogP contribution is -2.51. The highest BCUT2D eigenvalue weighted by Gasteiger charge is 2.30. The first-order chi connectivity index (χ1) is 17.2. The Balaban J connectivity index is 1.16. The van der Waals surface area contributed by atoms with Crippen LogP contribution < -0.4 is 5.56 Å². The van der Waals surface area contributed by atoms with Gasteiger partial charge in [-0.15, -0.1) is 11.3 Å². The van der Waals surface area contributed by atoms with Crippen molar-refractivity contribution in [1.29, 1.82) is 0 Å². The number of aromatic nitrogens is 3. The van der Waals surface area contributed by atoms with Crippen LogP contribution in [0.1, 0.15) is 28.0 Å². The molecule has 0 saturated carbocycles. The molecule has 4 aromatic rings. The number of nitrogens with zero attached hydrogens (tertiary/aromatic N) is 5. The molecule has 0 N–H and O–H groups in total. The Labute approximate surface area is 207 Å². The van der Waals surface area contributed by atoms with Gasteiger partial charge in [0.15, 0.2) is 0 Å². The molecule has 0 amide bonds. The standard InChI is InChI=1S/C27H28FN5OS/c28-23-6-2-1-5-20(23)17-33-18-30-26-25(27(33)34)22-8-7-21(14-24(22)35-26)32-12-10-31(11-13-32)16-19-4-3-9-29-15-19/h1-6,9,15,18,21H,7-8,10-14,16-17H2/t21-/m0/s1. The van der Waals surface area contributed by atoms with E-state index in [1.165, 1.54) is 16.5 Å². The fourth-order valence-corrected chi connectivity index (χ4v) is 6.70. The molecule has 1 saturated heterocycles. The van der Waals surface area contributed by atoms with Crippen molar-refractivity contribution in [3.63, 3.8) is 0 Å². The number of hydrogen-bond donors (Lipinski definition) is 0. The summed E-state index contributed by atoms with van der Waals surface area (Å²) < 4.78 is 15.7. The summed E-state index contributed by atoms with van der Waals surface area (Å²) in [6, 6.07) is 11.3. The van der Waals surface area contributed by atoms with Crippen LogP contribution >= 0.6 is 11.3 Å². The predicted molar refractivity (Wildman–Crippen MR) is 136 cm³/mol. The molecule has 0 unspecified atom stereocenters. The minimum absolute atomic E-state index is 0.0572. The van der Waals surface area contributed by atoms with Crippen LogP contribution in [0.15, 0.2) is 59.9 Å². The first-order valence-corrected chi connectivity index (χ1v) is 13.1. The van der Waals surface area contributed by atoms with Crippen LogP contribution in [0.5, 0.6) is 0 Å². The maximum atomic E-state index is 14.1. The number of thiophene rings is 1. The van der Waals surface area contributed by atoms with E-state index >= 15 is 0 Å². The van der Waals surface area contributed by atoms with Crippen LogP contribution in [0.3, 0.4) is 0 Å². The largest absolute Gasteiger partial charge is 0.297 e. The average Bonchev–Trinajstić information content (AvgIpc) is 3.26. The van der Waals surface area contributed by atoms with Crippen molar-refractivity contribution in [3.8, 4) is 0 Å². The smallest absolute Gasteiger partial charge is 0.262 e. The summed E-state index contributed by atoms with van der Waals surface area (Å²) >= 11 is 1.66. The first-order valence-electron chi connectivity index (χ1n) is 12.2. The highest BCUT2D eigenvalue weighted by molar-refractivity contribution is 7.18. The molecular formula is C27H28FN5OS. The van der Waals surface area contributed by atoms with E-state index in [4.69, 9.17) is 0 Å². The van der Waals surface area contributed by atoms with E-state index in [9.17, 15) is 9.18 Å². The third kappa shape index (κ3) is 4.53. The van der Waals surface area contributed by atoms with Crippen molar-refractivity contribution in [2.75, 3.05) is 26.2 Å². The lowest BCUT2D eigenvalue weighted by molar-refractivity contribution is 0.0861. The van der Waals surface area contributed by atoms with Gasteiger partial charge in [-0.1, -0.05) is 24.3 Å². The molecule has 2 aliphatic rings. The molecular weight excluding hydrogens is 461 g/mol. The minimum Gasteiger partial charge on any atom is -0.297 e. The van der Waals surface area contributed by atoms with E-state index in [2.05, 4.69) is 25.8 Å². The van der Waals surface area contributed by atoms with Crippen LogP contribution in [0, 0.1) is 5.82 Å². The third-order valence-electron chi connectivity index (χ3n) is 7.36. The number of hydrogen-bond acceptors (Lipinski definition) is 6. The summed E-state index contributed by atoms with van der Waals surface area (Å²) in [6.45, 7) is 5.42. The molecule has 35 heavy (non-hydrogen) atoms. The quantitative estimate of drug-likeness (QED) is 0.428. The van der Waals surface area contributed by atoms with E-state index in [0.717, 1.165) is 67.8 Å². The molecule has 1 aromatic carbocycles. The van der Waals surface area contributed by atoms with Crippen LogP contribution in [0.4, 0.5) is 4.39 Å². The molecule has 180 valence electrons. The lowest BCUT2D eigenvalue weighted by Gasteiger charge is -2.40. The Morgan fingerprint density at radius 2 is 1.91 bits per heavy atom. The summed E-state index contributed by atoms with van der Waals surface area (Å²) in [5.74, 6) is -0.296. The second-order valence-electron chi connectivity index (χ2n) is 9.52. The van der Waals surface area contributed by atoms with Gasteiger partial charge < -0.3 is 0 Å². The highest BCUT2D eigenvalue weighted by Crippen LogP contribution is 2.35. The van der Waals surface area contributed by atoms with E-state index in [-0.39, 0.29) is 17.9 Å². The Morgan fingerprint density at radius 3 is 2.71 bits per heavy atom. The van der Waals surface area contributed by atoms with Crippen LogP contribution in [0.25, 0.3) is 10.2 Å². The fourth-order valence-electron chi connectivity index (χ4n) is 5.45. The zero-order valence-electron chi connectivity index (χ0n) is 19.6. The summed E-state index contributed by atoms with van der Waals surface area (Å²) in [4.78, 5) is 29.4. The number of fused-ring (bicyclic) bond motifs is 3. The van der Waals surface area contributed by atoms with Gasteiger partial charge in [0.2, 0.25) is 0 Å². The van der Waals surface area contributed by atoms with Crippen LogP contribution in [-0.2, 0) is 25.9 Å². The Kier molecular flexibility index (Phi) is 6.18. The molecule has 0 bridgehead atoms. The zero-order valence-corrected chi connectivity index (χ0v) is 20.4. The number of piperazine rings is 1. The molecule has 4 heterocycles. The monoisotopic (exact) mass is 489 g/mol. The van der Waals surface area contributed by atoms with Gasteiger partial charge in [0.25, 0.3) is 5.56 Å². The molecule has 0 radical (unpaired) electrons. The average molecular weight is 490 g/mol. The lowest BCUT2D eigenvalue weighted by atomic mass is 9.91. The fraction of sp³-hybridized carbons (Fsp3) is 0.370. The first kappa shape index (κ1) is 22.5. The van der Waals surface area contributed by atoms with Crippen LogP contribution in [0.2, 0.25) is 0 Å². The summed E-state index contributed by atoms with van der Waals surface area (Å²) in [5, 5.41) is 0.739. The van der Waals surface area contributed by atoms with Crippen molar-refractivity contribution in [3.05, 3.63) is 92.9 Å². The van der Waals surface area contributed by atoms with E-state index < -0.39 is 0 Å². The molecule has 1 atom stereocenters. The maximum absolute atomic E-state index is 14.1. The zero-order chi connectivity index (χ0) is 23.8. The van der Waals surface area contributed by atoms with Gasteiger partial charge in [-0.25, -0.2) is 9.37 Å². The van der Waals surface area contributed by atoms with Crippen molar-refractivity contribution in [2.24, 2.45) is 0 Å². The summed E-state index contributed by atoms with van der Waals surface area (Å²) in [5.41, 5.74) is 2.87. The van der Waals surface area contributed by atoms with Gasteiger partial charge in [-0.3, -0.25) is 24.1 Å². The van der Waals surface area contributed by atoms with E-state index in [1.54, 1.807) is 40.4 Å². The van der Waals surface area contributed by atoms with Crippen molar-refractivity contribution in [2.45, 2.75) is 38.4 Å². The van der Waals surface area contributed by atoms with Crippen molar-refractivity contribution >= 4 is 21.6 Å². The van der Waals surface area contributed by atoms with Crippen LogP contribution in [-0.4, -0.2) is 56.6 Å². The van der Waals surface area contributed by atoms with Gasteiger partial charge in [0.1, 0.15) is 10.6 Å². The molecule has 3 aromatic heterocycles. The number of aryl methyl sites for hydroxylation is 1. The van der Waals surface area contributed by atoms with Gasteiger partial charge in [0.05, 0.1) is 18.3 Å². The summed E-state index contributed by atoms with van der Waals surface area (Å²) in [6.07, 6.45) is 8.28. The molecule has 1 fully saturated rings. The number of benzene rings is 1. The van der Waals surface area contributed by atoms with Crippen molar-refractivity contribution < 1.29 is 4.39 Å². The van der Waals surface area contributed by atoms with Gasteiger partial charge in [-0.2, -0.15) is 0 Å². The highest BCUT2D eigenvalue weighted by atomic mass is 32.1. The third-order valence-corrected chi connectivity index (χ3v) is 8.52. The van der Waals surface area contributed by atoms with Gasteiger partial charge >= 0.3 is 0 Å². The summed E-state index contributed by atoms with van der Waals surface area (Å²) in [7, 11) is 0. The van der Waals surface area contributed by atoms with E-state index in [1.807, 2.05) is 18.5 Å². The minimum atomic E-state index is -0.296. The molecule has 1 aliphatic heterocycles. The second-order valence-corrected chi connectivity index (χ2v) is 10.6. The number of pyridine rings is 1. The Morgan fingerprint density at radius 1 is 1.06 bits per heavy atom. The second kappa shape index (κ2) is 9.60. The van der Waals surface area contributed by atoms with Gasteiger partial charge in [0, 0.05) is 61.6 Å². The Bertz CT molecular complexity index is 1390. The van der Waals surface area contributed by atoms with Gasteiger partial charge in [-0.05, 0) is 42.5 Å². The number of halogens is 1. The molecule has 1 aliphatic carbocycles. The predicted octanol–water partition coefficient (Wildman–Crippen LogP) is 3.72.